The lowest BCUT2D eigenvalue weighted by Gasteiger charge is -2.50. The predicted molar refractivity (Wildman–Crippen MR) is 89.7 cm³/mol. The Morgan fingerprint density at radius 2 is 1.67 bits per heavy atom. The first-order chi connectivity index (χ1) is 10.2. The second kappa shape index (κ2) is 6.55. The summed E-state index contributed by atoms with van der Waals surface area (Å²) in [5.74, 6) is 0. The van der Waals surface area contributed by atoms with E-state index in [1.54, 1.807) is 0 Å². The normalized spacial score (nSPS) is 38.1. The average Bonchev–Trinajstić information content (AvgIpc) is 2.70. The Kier molecular flexibility index (Phi) is 4.92. The molecule has 1 N–H and O–H groups in total. The molecule has 3 heteroatoms. The zero-order valence-corrected chi connectivity index (χ0v) is 14.4. The third kappa shape index (κ3) is 3.16. The second-order valence-corrected chi connectivity index (χ2v) is 7.77. The van der Waals surface area contributed by atoms with Gasteiger partial charge in [-0.1, -0.05) is 20.3 Å². The van der Waals surface area contributed by atoms with Crippen LogP contribution >= 0.6 is 0 Å². The van der Waals surface area contributed by atoms with Crippen molar-refractivity contribution in [2.45, 2.75) is 88.9 Å². The standard InChI is InChI=1S/C18H35N3/c1-4-18(5-2)14-21(11-7-10-19-18)17-12-15-8-6-9-16(13-17)20(15)3/h15-17,19H,4-14H2,1-3H3. The first kappa shape index (κ1) is 15.8. The van der Waals surface area contributed by atoms with Crippen molar-refractivity contribution >= 4 is 0 Å². The Hall–Kier alpha value is -0.120. The van der Waals surface area contributed by atoms with Gasteiger partial charge >= 0.3 is 0 Å². The van der Waals surface area contributed by atoms with Crippen LogP contribution in [0, 0.1) is 0 Å². The van der Waals surface area contributed by atoms with Gasteiger partial charge in [-0.15, -0.1) is 0 Å². The minimum absolute atomic E-state index is 0.370. The summed E-state index contributed by atoms with van der Waals surface area (Å²) in [7, 11) is 2.37. The van der Waals surface area contributed by atoms with Gasteiger partial charge in [-0.05, 0) is 65.1 Å². The summed E-state index contributed by atoms with van der Waals surface area (Å²) in [6.45, 7) is 8.51. The summed E-state index contributed by atoms with van der Waals surface area (Å²) < 4.78 is 0. The molecule has 3 fully saturated rings. The minimum Gasteiger partial charge on any atom is -0.310 e. The molecule has 2 unspecified atom stereocenters. The molecule has 2 atom stereocenters. The van der Waals surface area contributed by atoms with Crippen LogP contribution in [-0.4, -0.2) is 60.1 Å². The highest BCUT2D eigenvalue weighted by Gasteiger charge is 2.40. The maximum atomic E-state index is 3.87. The summed E-state index contributed by atoms with van der Waals surface area (Å²) in [5, 5.41) is 3.87. The summed E-state index contributed by atoms with van der Waals surface area (Å²) in [4.78, 5) is 5.56. The molecule has 0 amide bonds. The fraction of sp³-hybridized carbons (Fsp3) is 1.00. The fourth-order valence-corrected chi connectivity index (χ4v) is 5.08. The first-order valence-corrected chi connectivity index (χ1v) is 9.38. The molecule has 0 aliphatic carbocycles. The highest BCUT2D eigenvalue weighted by molar-refractivity contribution is 4.98. The van der Waals surface area contributed by atoms with E-state index in [1.165, 1.54) is 71.0 Å². The van der Waals surface area contributed by atoms with Crippen LogP contribution in [0.2, 0.25) is 0 Å². The Labute approximate surface area is 131 Å². The number of hydrogen-bond donors (Lipinski definition) is 1. The fourth-order valence-electron chi connectivity index (χ4n) is 5.08. The Morgan fingerprint density at radius 3 is 2.29 bits per heavy atom. The minimum atomic E-state index is 0.370. The highest BCUT2D eigenvalue weighted by Crippen LogP contribution is 2.36. The van der Waals surface area contributed by atoms with Crippen LogP contribution in [0.5, 0.6) is 0 Å². The molecule has 3 saturated heterocycles. The molecule has 0 spiro atoms. The lowest BCUT2D eigenvalue weighted by Crippen LogP contribution is -2.58. The van der Waals surface area contributed by atoms with E-state index < -0.39 is 0 Å². The number of nitrogens with zero attached hydrogens (tertiary/aromatic N) is 2. The molecule has 0 aromatic heterocycles. The van der Waals surface area contributed by atoms with E-state index in [4.69, 9.17) is 0 Å². The average molecular weight is 293 g/mol. The zero-order valence-electron chi connectivity index (χ0n) is 14.4. The van der Waals surface area contributed by atoms with Crippen LogP contribution in [-0.2, 0) is 0 Å². The molecular weight excluding hydrogens is 258 g/mol. The van der Waals surface area contributed by atoms with Gasteiger partial charge in [0.15, 0.2) is 0 Å². The van der Waals surface area contributed by atoms with E-state index >= 15 is 0 Å². The molecule has 21 heavy (non-hydrogen) atoms. The van der Waals surface area contributed by atoms with Gasteiger partial charge in [-0.3, -0.25) is 4.90 Å². The molecule has 122 valence electrons. The van der Waals surface area contributed by atoms with E-state index in [-0.39, 0.29) is 0 Å². The molecule has 3 rings (SSSR count). The second-order valence-electron chi connectivity index (χ2n) is 7.77. The topological polar surface area (TPSA) is 18.5 Å². The molecule has 2 bridgehead atoms. The van der Waals surface area contributed by atoms with Crippen molar-refractivity contribution in [2.75, 3.05) is 26.7 Å². The van der Waals surface area contributed by atoms with Gasteiger partial charge in [-0.25, -0.2) is 0 Å². The number of rotatable bonds is 3. The third-order valence-electron chi connectivity index (χ3n) is 6.81. The van der Waals surface area contributed by atoms with E-state index in [2.05, 4.69) is 36.0 Å². The molecule has 0 aromatic rings. The van der Waals surface area contributed by atoms with Gasteiger partial charge < -0.3 is 10.2 Å². The van der Waals surface area contributed by atoms with Crippen molar-refractivity contribution in [3.05, 3.63) is 0 Å². The number of nitrogens with one attached hydrogen (secondary N) is 1. The van der Waals surface area contributed by atoms with Crippen LogP contribution in [0.4, 0.5) is 0 Å². The van der Waals surface area contributed by atoms with Crippen molar-refractivity contribution in [3.63, 3.8) is 0 Å². The Bertz CT molecular complexity index is 325. The van der Waals surface area contributed by atoms with E-state index in [0.717, 1.165) is 18.1 Å². The largest absolute Gasteiger partial charge is 0.310 e. The van der Waals surface area contributed by atoms with Crippen molar-refractivity contribution in [3.8, 4) is 0 Å². The third-order valence-corrected chi connectivity index (χ3v) is 6.81. The lowest BCUT2D eigenvalue weighted by atomic mass is 9.81. The molecule has 3 nitrogen and oxygen atoms in total. The molecule has 0 radical (unpaired) electrons. The maximum absolute atomic E-state index is 3.87. The zero-order chi connectivity index (χ0) is 14.9. The van der Waals surface area contributed by atoms with Crippen molar-refractivity contribution in [2.24, 2.45) is 0 Å². The monoisotopic (exact) mass is 293 g/mol. The van der Waals surface area contributed by atoms with Crippen LogP contribution in [0.15, 0.2) is 0 Å². The molecule has 0 aromatic carbocycles. The number of hydrogen-bond acceptors (Lipinski definition) is 3. The quantitative estimate of drug-likeness (QED) is 0.863. The smallest absolute Gasteiger partial charge is 0.0303 e. The molecule has 3 aliphatic heterocycles. The van der Waals surface area contributed by atoms with Gasteiger partial charge in [-0.2, -0.15) is 0 Å². The van der Waals surface area contributed by atoms with Crippen LogP contribution < -0.4 is 5.32 Å². The summed E-state index contributed by atoms with van der Waals surface area (Å²) in [5.41, 5.74) is 0.370. The molecule has 0 saturated carbocycles. The van der Waals surface area contributed by atoms with Gasteiger partial charge in [0.2, 0.25) is 0 Å². The van der Waals surface area contributed by atoms with Crippen molar-refractivity contribution in [1.29, 1.82) is 0 Å². The maximum Gasteiger partial charge on any atom is 0.0303 e. The predicted octanol–water partition coefficient (Wildman–Crippen LogP) is 2.86. The Morgan fingerprint density at radius 1 is 1.00 bits per heavy atom. The number of fused-ring (bicyclic) bond motifs is 2. The van der Waals surface area contributed by atoms with E-state index in [0.29, 0.717) is 5.54 Å². The Balaban J connectivity index is 1.70. The molecular formula is C18H35N3. The van der Waals surface area contributed by atoms with Gasteiger partial charge in [0, 0.05) is 30.2 Å². The summed E-state index contributed by atoms with van der Waals surface area (Å²) >= 11 is 0. The summed E-state index contributed by atoms with van der Waals surface area (Å²) in [6, 6.07) is 2.56. The van der Waals surface area contributed by atoms with Gasteiger partial charge in [0.25, 0.3) is 0 Å². The first-order valence-electron chi connectivity index (χ1n) is 9.38. The van der Waals surface area contributed by atoms with E-state index in [9.17, 15) is 0 Å². The molecule has 3 aliphatic rings. The van der Waals surface area contributed by atoms with Gasteiger partial charge in [0.1, 0.15) is 0 Å². The SMILES string of the molecule is CCC1(CC)CN(C2CC3CCCC(C2)N3C)CCCN1. The van der Waals surface area contributed by atoms with Crippen molar-refractivity contribution in [1.82, 2.24) is 15.1 Å². The highest BCUT2D eigenvalue weighted by atomic mass is 15.3. The molecule has 3 heterocycles. The van der Waals surface area contributed by atoms with Gasteiger partial charge in [0.05, 0.1) is 0 Å². The van der Waals surface area contributed by atoms with Crippen molar-refractivity contribution < 1.29 is 0 Å². The summed E-state index contributed by atoms with van der Waals surface area (Å²) in [6.07, 6.45) is 11.0. The number of piperidine rings is 2. The van der Waals surface area contributed by atoms with E-state index in [1.807, 2.05) is 0 Å². The lowest BCUT2D eigenvalue weighted by molar-refractivity contribution is 0.00312. The van der Waals surface area contributed by atoms with Crippen LogP contribution in [0.3, 0.4) is 0 Å². The van der Waals surface area contributed by atoms with Crippen LogP contribution in [0.25, 0.3) is 0 Å². The van der Waals surface area contributed by atoms with Crippen LogP contribution in [0.1, 0.15) is 65.2 Å².